The lowest BCUT2D eigenvalue weighted by molar-refractivity contribution is -0.384. The molecule has 1 aliphatic carbocycles. The Labute approximate surface area is 237 Å². The molecule has 0 bridgehead atoms. The van der Waals surface area contributed by atoms with Gasteiger partial charge < -0.3 is 20.7 Å². The minimum Gasteiger partial charge on any atom is -0.405 e. The van der Waals surface area contributed by atoms with Crippen LogP contribution in [-0.2, 0) is 13.1 Å². The molecule has 0 amide bonds. The minimum atomic E-state index is -4.84. The minimum absolute atomic E-state index is 0.0243. The molecule has 0 spiro atoms. The summed E-state index contributed by atoms with van der Waals surface area (Å²) in [4.78, 5) is 23.1. The fourth-order valence-electron chi connectivity index (χ4n) is 4.44. The summed E-state index contributed by atoms with van der Waals surface area (Å²) in [6, 6.07) is 5.93. The van der Waals surface area contributed by atoms with Gasteiger partial charge in [-0.15, -0.1) is 13.2 Å². The van der Waals surface area contributed by atoms with E-state index in [-0.39, 0.29) is 47.3 Å². The van der Waals surface area contributed by atoms with Crippen molar-refractivity contribution in [2.75, 3.05) is 17.2 Å². The van der Waals surface area contributed by atoms with Crippen LogP contribution in [0.25, 0.3) is 0 Å². The van der Waals surface area contributed by atoms with Gasteiger partial charge in [0.15, 0.2) is 0 Å². The van der Waals surface area contributed by atoms with Crippen molar-refractivity contribution in [3.05, 3.63) is 74.1 Å². The Bertz CT molecular complexity index is 1300. The molecule has 4 rings (SSSR count). The molecule has 214 valence electrons. The zero-order valence-corrected chi connectivity index (χ0v) is 22.6. The molecule has 0 aliphatic heterocycles. The highest BCUT2D eigenvalue weighted by molar-refractivity contribution is 6.35. The highest BCUT2D eigenvalue weighted by Gasteiger charge is 2.32. The van der Waals surface area contributed by atoms with Gasteiger partial charge in [0.1, 0.15) is 11.9 Å². The third-order valence-corrected chi connectivity index (χ3v) is 7.18. The molecule has 3 N–H and O–H groups in total. The quantitative estimate of drug-likeness (QED) is 0.170. The number of hydrogen-bond acceptors (Lipinski definition) is 9. The standard InChI is InChI=1S/C25H26Cl2F3N7O3/c26-19-12-31-13-20(27)18(19)11-32-17-7-5-15(6-8-17)9-33-23-21(37(38)39)14-35-24(36-23)34-10-16-3-1-2-4-22(16)40-25(28,29)30/h1-4,12-15,17,32H,5-11H2,(H2,33,34,35,36). The van der Waals surface area contributed by atoms with Crippen LogP contribution in [0.4, 0.5) is 30.6 Å². The SMILES string of the molecule is O=[N+]([O-])c1cnc(NCc2ccccc2OC(F)(F)F)nc1NCC1CCC(NCc2c(Cl)cncc2Cl)CC1. The highest BCUT2D eigenvalue weighted by Crippen LogP contribution is 2.30. The van der Waals surface area contributed by atoms with Crippen LogP contribution >= 0.6 is 23.2 Å². The van der Waals surface area contributed by atoms with Crippen molar-refractivity contribution in [2.45, 2.75) is 51.2 Å². The molecule has 0 atom stereocenters. The third-order valence-electron chi connectivity index (χ3n) is 6.53. The van der Waals surface area contributed by atoms with Gasteiger partial charge in [0.05, 0.1) is 15.0 Å². The van der Waals surface area contributed by atoms with Crippen LogP contribution in [-0.4, -0.2) is 38.8 Å². The molecular formula is C25H26Cl2F3N7O3. The maximum atomic E-state index is 12.7. The number of ether oxygens (including phenoxy) is 1. The molecule has 15 heteroatoms. The zero-order valence-electron chi connectivity index (χ0n) is 21.0. The Morgan fingerprint density at radius 1 is 1.02 bits per heavy atom. The number of hydrogen-bond donors (Lipinski definition) is 3. The van der Waals surface area contributed by atoms with Crippen LogP contribution in [0.5, 0.6) is 5.75 Å². The van der Waals surface area contributed by atoms with Gasteiger partial charge >= 0.3 is 12.0 Å². The van der Waals surface area contributed by atoms with Crippen molar-refractivity contribution in [1.82, 2.24) is 20.3 Å². The van der Waals surface area contributed by atoms with E-state index < -0.39 is 11.3 Å². The lowest BCUT2D eigenvalue weighted by Gasteiger charge is -2.29. The lowest BCUT2D eigenvalue weighted by Crippen LogP contribution is -2.34. The van der Waals surface area contributed by atoms with E-state index in [1.54, 1.807) is 18.5 Å². The largest absolute Gasteiger partial charge is 0.573 e. The number of nitrogens with one attached hydrogen (secondary N) is 3. The molecular weight excluding hydrogens is 574 g/mol. The zero-order chi connectivity index (χ0) is 28.7. The normalized spacial score (nSPS) is 17.3. The van der Waals surface area contributed by atoms with Crippen molar-refractivity contribution >= 4 is 40.7 Å². The molecule has 1 saturated carbocycles. The predicted octanol–water partition coefficient (Wildman–Crippen LogP) is 6.36. The number of para-hydroxylation sites is 1. The summed E-state index contributed by atoms with van der Waals surface area (Å²) in [5, 5.41) is 21.9. The predicted molar refractivity (Wildman–Crippen MR) is 144 cm³/mol. The highest BCUT2D eigenvalue weighted by atomic mass is 35.5. The molecule has 2 heterocycles. The summed E-state index contributed by atoms with van der Waals surface area (Å²) < 4.78 is 42.2. The smallest absolute Gasteiger partial charge is 0.405 e. The first-order chi connectivity index (χ1) is 19.1. The molecule has 40 heavy (non-hydrogen) atoms. The second-order valence-corrected chi connectivity index (χ2v) is 10.1. The summed E-state index contributed by atoms with van der Waals surface area (Å²) in [6.07, 6.45) is 2.93. The van der Waals surface area contributed by atoms with Gasteiger partial charge in [-0.3, -0.25) is 15.1 Å². The Kier molecular flexibility index (Phi) is 9.82. The topological polar surface area (TPSA) is 127 Å². The van der Waals surface area contributed by atoms with E-state index in [2.05, 4.69) is 35.6 Å². The lowest BCUT2D eigenvalue weighted by atomic mass is 9.86. The van der Waals surface area contributed by atoms with Gasteiger partial charge in [-0.1, -0.05) is 41.4 Å². The maximum Gasteiger partial charge on any atom is 0.573 e. The molecule has 2 aromatic heterocycles. The van der Waals surface area contributed by atoms with Crippen LogP contribution in [0, 0.1) is 16.0 Å². The summed E-state index contributed by atoms with van der Waals surface area (Å²) in [5.41, 5.74) is 0.724. The Morgan fingerprint density at radius 2 is 1.73 bits per heavy atom. The van der Waals surface area contributed by atoms with Gasteiger partial charge in [0, 0.05) is 49.2 Å². The van der Waals surface area contributed by atoms with E-state index in [1.807, 2.05) is 0 Å². The molecule has 0 radical (unpaired) electrons. The first kappa shape index (κ1) is 29.6. The second-order valence-electron chi connectivity index (χ2n) is 9.25. The summed E-state index contributed by atoms with van der Waals surface area (Å²) >= 11 is 12.4. The number of rotatable bonds is 11. The van der Waals surface area contributed by atoms with Gasteiger partial charge in [0.25, 0.3) is 0 Å². The number of nitrogens with zero attached hydrogens (tertiary/aromatic N) is 4. The molecule has 0 saturated heterocycles. The van der Waals surface area contributed by atoms with Crippen LogP contribution in [0.1, 0.15) is 36.8 Å². The van der Waals surface area contributed by atoms with Crippen molar-refractivity contribution < 1.29 is 22.8 Å². The number of benzene rings is 1. The van der Waals surface area contributed by atoms with Crippen molar-refractivity contribution in [1.29, 1.82) is 0 Å². The first-order valence-corrected chi connectivity index (χ1v) is 13.2. The van der Waals surface area contributed by atoms with Crippen molar-refractivity contribution in [3.8, 4) is 5.75 Å². The number of pyridine rings is 1. The van der Waals surface area contributed by atoms with E-state index >= 15 is 0 Å². The Balaban J connectivity index is 1.31. The molecule has 1 aliphatic rings. The van der Waals surface area contributed by atoms with Gasteiger partial charge in [-0.2, -0.15) is 4.98 Å². The van der Waals surface area contributed by atoms with E-state index in [9.17, 15) is 23.3 Å². The first-order valence-electron chi connectivity index (χ1n) is 12.4. The van der Waals surface area contributed by atoms with Crippen LogP contribution in [0.15, 0.2) is 42.9 Å². The average Bonchev–Trinajstić information content (AvgIpc) is 2.91. The van der Waals surface area contributed by atoms with Crippen molar-refractivity contribution in [2.24, 2.45) is 5.92 Å². The number of halogens is 5. The van der Waals surface area contributed by atoms with Gasteiger partial charge in [-0.05, 0) is 37.7 Å². The number of nitro groups is 1. The molecule has 3 aromatic rings. The van der Waals surface area contributed by atoms with E-state index in [0.29, 0.717) is 23.1 Å². The number of anilines is 2. The fourth-order valence-corrected chi connectivity index (χ4v) is 4.94. The molecule has 0 unspecified atom stereocenters. The number of aromatic nitrogens is 3. The Morgan fingerprint density at radius 3 is 2.40 bits per heavy atom. The fraction of sp³-hybridized carbons (Fsp3) is 0.400. The van der Waals surface area contributed by atoms with Crippen molar-refractivity contribution in [3.63, 3.8) is 0 Å². The molecule has 10 nitrogen and oxygen atoms in total. The number of alkyl halides is 3. The Hall–Kier alpha value is -3.42. The van der Waals surface area contributed by atoms with Crippen LogP contribution < -0.4 is 20.7 Å². The van der Waals surface area contributed by atoms with E-state index in [0.717, 1.165) is 37.4 Å². The van der Waals surface area contributed by atoms with E-state index in [1.165, 1.54) is 18.2 Å². The second kappa shape index (κ2) is 13.3. The van der Waals surface area contributed by atoms with Gasteiger partial charge in [-0.25, -0.2) is 4.98 Å². The average molecular weight is 600 g/mol. The summed E-state index contributed by atoms with van der Waals surface area (Å²) in [5.74, 6) is -0.0378. The van der Waals surface area contributed by atoms with Crippen LogP contribution in [0.2, 0.25) is 10.0 Å². The summed E-state index contributed by atoms with van der Waals surface area (Å²) in [7, 11) is 0. The summed E-state index contributed by atoms with van der Waals surface area (Å²) in [6.45, 7) is 0.911. The molecule has 1 fully saturated rings. The molecule has 1 aromatic carbocycles. The monoisotopic (exact) mass is 599 g/mol. The van der Waals surface area contributed by atoms with E-state index in [4.69, 9.17) is 23.2 Å². The third kappa shape index (κ3) is 8.29. The van der Waals surface area contributed by atoms with Crippen LogP contribution in [0.3, 0.4) is 0 Å². The maximum absolute atomic E-state index is 12.7. The van der Waals surface area contributed by atoms with Gasteiger partial charge in [0.2, 0.25) is 11.8 Å².